The van der Waals surface area contributed by atoms with Crippen molar-refractivity contribution in [3.05, 3.63) is 53.6 Å². The first-order valence-corrected chi connectivity index (χ1v) is 9.01. The van der Waals surface area contributed by atoms with E-state index < -0.39 is 0 Å². The van der Waals surface area contributed by atoms with Gasteiger partial charge in [-0.1, -0.05) is 12.1 Å². The molecule has 0 aromatic heterocycles. The van der Waals surface area contributed by atoms with Gasteiger partial charge in [0.15, 0.2) is 0 Å². The van der Waals surface area contributed by atoms with Crippen LogP contribution in [0.1, 0.15) is 31.4 Å². The minimum Gasteiger partial charge on any atom is -0.493 e. The summed E-state index contributed by atoms with van der Waals surface area (Å²) < 4.78 is 5.71. The summed E-state index contributed by atoms with van der Waals surface area (Å²) in [7, 11) is 0. The molecule has 0 saturated heterocycles. The van der Waals surface area contributed by atoms with Crippen molar-refractivity contribution >= 4 is 23.3 Å². The Labute approximate surface area is 160 Å². The van der Waals surface area contributed by atoms with Crippen LogP contribution in [-0.2, 0) is 4.79 Å². The van der Waals surface area contributed by atoms with Crippen LogP contribution >= 0.6 is 0 Å². The van der Waals surface area contributed by atoms with Gasteiger partial charge in [-0.3, -0.25) is 4.79 Å². The molecular weight excluding hydrogens is 342 g/mol. The zero-order chi connectivity index (χ0) is 19.8. The standard InChI is InChI=1S/C21H27N3O3/c1-14(2)22-21(26)24-18-9-7-17(8-10-18)23-20(25)11-12-27-19-13-15(3)5-6-16(19)4/h5-10,13-14H,11-12H2,1-4H3,(H,23,25)(H2,22,24,26). The first kappa shape index (κ1) is 20.3. The van der Waals surface area contributed by atoms with Crippen molar-refractivity contribution in [3.8, 4) is 5.75 Å². The number of hydrogen-bond acceptors (Lipinski definition) is 3. The molecule has 144 valence electrons. The predicted molar refractivity (Wildman–Crippen MR) is 108 cm³/mol. The van der Waals surface area contributed by atoms with E-state index in [2.05, 4.69) is 16.0 Å². The molecule has 2 aromatic carbocycles. The SMILES string of the molecule is Cc1ccc(C)c(OCCC(=O)Nc2ccc(NC(=O)NC(C)C)cc2)c1. The molecular formula is C21H27N3O3. The molecule has 6 heteroatoms. The van der Waals surface area contributed by atoms with Gasteiger partial charge >= 0.3 is 6.03 Å². The summed E-state index contributed by atoms with van der Waals surface area (Å²) >= 11 is 0. The van der Waals surface area contributed by atoms with Crippen molar-refractivity contribution in [3.63, 3.8) is 0 Å². The van der Waals surface area contributed by atoms with Crippen LogP contribution in [-0.4, -0.2) is 24.6 Å². The average Bonchev–Trinajstić information content (AvgIpc) is 2.59. The van der Waals surface area contributed by atoms with Crippen LogP contribution in [0.4, 0.5) is 16.2 Å². The van der Waals surface area contributed by atoms with E-state index in [4.69, 9.17) is 4.74 Å². The number of anilines is 2. The van der Waals surface area contributed by atoms with Gasteiger partial charge in [-0.15, -0.1) is 0 Å². The van der Waals surface area contributed by atoms with Crippen LogP contribution < -0.4 is 20.7 Å². The van der Waals surface area contributed by atoms with Gasteiger partial charge in [-0.05, 0) is 69.2 Å². The number of ether oxygens (including phenoxy) is 1. The second-order valence-electron chi connectivity index (χ2n) is 6.75. The molecule has 0 fully saturated rings. The Morgan fingerprint density at radius 2 is 1.59 bits per heavy atom. The van der Waals surface area contributed by atoms with Crippen LogP contribution in [0.25, 0.3) is 0 Å². The lowest BCUT2D eigenvalue weighted by Crippen LogP contribution is -2.34. The van der Waals surface area contributed by atoms with Gasteiger partial charge in [-0.25, -0.2) is 4.79 Å². The Kier molecular flexibility index (Phi) is 7.23. The molecule has 0 spiro atoms. The maximum atomic E-state index is 12.1. The summed E-state index contributed by atoms with van der Waals surface area (Å²) in [5.74, 6) is 0.677. The van der Waals surface area contributed by atoms with Crippen LogP contribution in [0.3, 0.4) is 0 Å². The minimum absolute atomic E-state index is 0.0642. The van der Waals surface area contributed by atoms with Gasteiger partial charge in [0, 0.05) is 17.4 Å². The van der Waals surface area contributed by atoms with Crippen molar-refractivity contribution in [2.24, 2.45) is 0 Å². The molecule has 3 N–H and O–H groups in total. The molecule has 0 radical (unpaired) electrons. The van der Waals surface area contributed by atoms with Crippen LogP contribution in [0, 0.1) is 13.8 Å². The van der Waals surface area contributed by atoms with Gasteiger partial charge < -0.3 is 20.7 Å². The number of urea groups is 1. The lowest BCUT2D eigenvalue weighted by atomic mass is 10.1. The zero-order valence-corrected chi connectivity index (χ0v) is 16.3. The van der Waals surface area contributed by atoms with E-state index in [0.717, 1.165) is 16.9 Å². The maximum Gasteiger partial charge on any atom is 0.319 e. The van der Waals surface area contributed by atoms with E-state index in [9.17, 15) is 9.59 Å². The first-order chi connectivity index (χ1) is 12.8. The topological polar surface area (TPSA) is 79.5 Å². The molecule has 0 heterocycles. The lowest BCUT2D eigenvalue weighted by molar-refractivity contribution is -0.116. The zero-order valence-electron chi connectivity index (χ0n) is 16.3. The minimum atomic E-state index is -0.259. The predicted octanol–water partition coefficient (Wildman–Crippen LogP) is 4.24. The van der Waals surface area contributed by atoms with Gasteiger partial charge in [0.25, 0.3) is 0 Å². The molecule has 0 unspecified atom stereocenters. The molecule has 0 bridgehead atoms. The van der Waals surface area contributed by atoms with Gasteiger partial charge in [0.2, 0.25) is 5.91 Å². The van der Waals surface area contributed by atoms with Crippen LogP contribution in [0.15, 0.2) is 42.5 Å². The molecule has 0 saturated carbocycles. The fourth-order valence-electron chi connectivity index (χ4n) is 2.41. The van der Waals surface area contributed by atoms with Crippen LogP contribution in [0.5, 0.6) is 5.75 Å². The Hall–Kier alpha value is -3.02. The van der Waals surface area contributed by atoms with Gasteiger partial charge in [0.1, 0.15) is 5.75 Å². The summed E-state index contributed by atoms with van der Waals surface area (Å²) in [6, 6.07) is 12.8. The highest BCUT2D eigenvalue weighted by Crippen LogP contribution is 2.19. The van der Waals surface area contributed by atoms with Gasteiger partial charge in [-0.2, -0.15) is 0 Å². The summed E-state index contributed by atoms with van der Waals surface area (Å²) in [5.41, 5.74) is 3.49. The fourth-order valence-corrected chi connectivity index (χ4v) is 2.41. The third-order valence-electron chi connectivity index (χ3n) is 3.78. The third kappa shape index (κ3) is 7.01. The van der Waals surface area contributed by atoms with E-state index in [1.165, 1.54) is 0 Å². The number of hydrogen-bond donors (Lipinski definition) is 3. The van der Waals surface area contributed by atoms with E-state index in [1.54, 1.807) is 24.3 Å². The number of aryl methyl sites for hydroxylation is 2. The monoisotopic (exact) mass is 369 g/mol. The second-order valence-corrected chi connectivity index (χ2v) is 6.75. The summed E-state index contributed by atoms with van der Waals surface area (Å²) in [5, 5.41) is 8.30. The highest BCUT2D eigenvalue weighted by molar-refractivity contribution is 5.92. The molecule has 0 aliphatic heterocycles. The molecule has 27 heavy (non-hydrogen) atoms. The molecule has 2 rings (SSSR count). The smallest absolute Gasteiger partial charge is 0.319 e. The first-order valence-electron chi connectivity index (χ1n) is 9.01. The molecule has 0 aliphatic carbocycles. The van der Waals surface area contributed by atoms with Crippen molar-refractivity contribution in [1.82, 2.24) is 5.32 Å². The van der Waals surface area contributed by atoms with Crippen molar-refractivity contribution in [2.45, 2.75) is 40.2 Å². The normalized spacial score (nSPS) is 10.4. The van der Waals surface area contributed by atoms with Crippen molar-refractivity contribution in [2.75, 3.05) is 17.2 Å². The number of carbonyl (C=O) groups is 2. The summed E-state index contributed by atoms with van der Waals surface area (Å²) in [6.45, 7) is 8.07. The summed E-state index contributed by atoms with van der Waals surface area (Å²) in [6.07, 6.45) is 0.254. The molecule has 3 amide bonds. The highest BCUT2D eigenvalue weighted by atomic mass is 16.5. The molecule has 0 aliphatic rings. The molecule has 0 atom stereocenters. The van der Waals surface area contributed by atoms with Crippen molar-refractivity contribution < 1.29 is 14.3 Å². The average molecular weight is 369 g/mol. The Morgan fingerprint density at radius 3 is 2.22 bits per heavy atom. The number of nitrogens with one attached hydrogen (secondary N) is 3. The maximum absolute atomic E-state index is 12.1. The molecule has 6 nitrogen and oxygen atoms in total. The summed E-state index contributed by atoms with van der Waals surface area (Å²) in [4.78, 5) is 23.7. The van der Waals surface area contributed by atoms with E-state index in [-0.39, 0.29) is 24.4 Å². The molecule has 2 aromatic rings. The quantitative estimate of drug-likeness (QED) is 0.683. The number of rotatable bonds is 7. The van der Waals surface area contributed by atoms with E-state index in [1.807, 2.05) is 45.9 Å². The number of carbonyl (C=O) groups excluding carboxylic acids is 2. The van der Waals surface area contributed by atoms with Crippen molar-refractivity contribution in [1.29, 1.82) is 0 Å². The van der Waals surface area contributed by atoms with E-state index in [0.29, 0.717) is 18.0 Å². The number of benzene rings is 2. The Bertz CT molecular complexity index is 786. The second kappa shape index (κ2) is 9.62. The fraction of sp³-hybridized carbons (Fsp3) is 0.333. The number of amides is 3. The van der Waals surface area contributed by atoms with Crippen LogP contribution in [0.2, 0.25) is 0 Å². The largest absolute Gasteiger partial charge is 0.493 e. The lowest BCUT2D eigenvalue weighted by Gasteiger charge is -2.11. The third-order valence-corrected chi connectivity index (χ3v) is 3.78. The Balaban J connectivity index is 1.78. The highest BCUT2D eigenvalue weighted by Gasteiger charge is 2.06. The van der Waals surface area contributed by atoms with E-state index >= 15 is 0 Å². The van der Waals surface area contributed by atoms with Gasteiger partial charge in [0.05, 0.1) is 13.0 Å². The Morgan fingerprint density at radius 1 is 0.963 bits per heavy atom.